The predicted molar refractivity (Wildman–Crippen MR) is 74.3 cm³/mol. The van der Waals surface area contributed by atoms with Crippen molar-refractivity contribution in [2.24, 2.45) is 11.1 Å². The first-order valence-corrected chi connectivity index (χ1v) is 6.97. The third-order valence-electron chi connectivity index (χ3n) is 4.30. The van der Waals surface area contributed by atoms with Gasteiger partial charge in [0.15, 0.2) is 0 Å². The molecule has 2 bridgehead atoms. The van der Waals surface area contributed by atoms with E-state index in [-0.39, 0.29) is 11.2 Å². The zero-order valence-electron chi connectivity index (χ0n) is 12.2. The molecule has 3 fully saturated rings. The monoisotopic (exact) mass is 295 g/mol. The first kappa shape index (κ1) is 14.7. The summed E-state index contributed by atoms with van der Waals surface area (Å²) in [4.78, 5) is 0. The molecule has 0 spiro atoms. The highest BCUT2D eigenvalue weighted by Gasteiger charge is 2.58. The van der Waals surface area contributed by atoms with Crippen LogP contribution in [-0.4, -0.2) is 42.0 Å². The van der Waals surface area contributed by atoms with Gasteiger partial charge in [0.2, 0.25) is 0 Å². The largest absolute Gasteiger partial charge is 0.508 e. The average Bonchev–Trinajstić information content (AvgIpc) is 2.48. The summed E-state index contributed by atoms with van der Waals surface area (Å²) in [6.45, 7) is 5.03. The van der Waals surface area contributed by atoms with Gasteiger partial charge < -0.3 is 30.2 Å². The van der Waals surface area contributed by atoms with Crippen LogP contribution in [0.2, 0.25) is 0 Å². The van der Waals surface area contributed by atoms with Gasteiger partial charge in [0.25, 0.3) is 0 Å². The molecule has 2 atom stereocenters. The summed E-state index contributed by atoms with van der Waals surface area (Å²) < 4.78 is 17.0. The average molecular weight is 295 g/mol. The molecule has 0 amide bonds. The Morgan fingerprint density at radius 2 is 1.62 bits per heavy atom. The molecule has 6 nitrogen and oxygen atoms in total. The molecule has 0 unspecified atom stereocenters. The summed E-state index contributed by atoms with van der Waals surface area (Å²) in [5, 5.41) is 20.2. The van der Waals surface area contributed by atoms with E-state index in [0.29, 0.717) is 25.4 Å². The van der Waals surface area contributed by atoms with Gasteiger partial charge in [0.1, 0.15) is 17.4 Å². The highest BCUT2D eigenvalue weighted by Crippen LogP contribution is 2.43. The molecule has 21 heavy (non-hydrogen) atoms. The van der Waals surface area contributed by atoms with Crippen molar-refractivity contribution >= 4 is 0 Å². The van der Waals surface area contributed by atoms with E-state index >= 15 is 0 Å². The minimum Gasteiger partial charge on any atom is -0.508 e. The van der Waals surface area contributed by atoms with E-state index in [2.05, 4.69) is 0 Å². The van der Waals surface area contributed by atoms with Crippen LogP contribution in [0.1, 0.15) is 19.4 Å². The van der Waals surface area contributed by atoms with Crippen LogP contribution in [0, 0.1) is 5.41 Å². The van der Waals surface area contributed by atoms with Gasteiger partial charge in [0.05, 0.1) is 19.8 Å². The number of phenols is 1. The van der Waals surface area contributed by atoms with Gasteiger partial charge in [-0.15, -0.1) is 0 Å². The number of rotatable bonds is 3. The molecule has 1 aromatic carbocycles. The Labute approximate surface area is 123 Å². The minimum absolute atomic E-state index is 0.121. The lowest BCUT2D eigenvalue weighted by Gasteiger charge is -2.54. The summed E-state index contributed by atoms with van der Waals surface area (Å²) in [7, 11) is 0. The van der Waals surface area contributed by atoms with Gasteiger partial charge in [-0.3, -0.25) is 0 Å². The van der Waals surface area contributed by atoms with Crippen molar-refractivity contribution in [3.63, 3.8) is 0 Å². The number of ether oxygens (including phenoxy) is 3. The molecule has 0 saturated carbocycles. The van der Waals surface area contributed by atoms with Crippen molar-refractivity contribution < 1.29 is 24.4 Å². The van der Waals surface area contributed by atoms with E-state index in [9.17, 15) is 10.2 Å². The molecule has 4 rings (SSSR count). The van der Waals surface area contributed by atoms with Gasteiger partial charge >= 0.3 is 5.97 Å². The van der Waals surface area contributed by atoms with Crippen LogP contribution >= 0.6 is 0 Å². The lowest BCUT2D eigenvalue weighted by atomic mass is 9.84. The van der Waals surface area contributed by atoms with Crippen LogP contribution < -0.4 is 5.73 Å². The van der Waals surface area contributed by atoms with Gasteiger partial charge in [0, 0.05) is 5.41 Å². The van der Waals surface area contributed by atoms with Crippen LogP contribution in [0.15, 0.2) is 24.3 Å². The number of hydrogen-bond acceptors (Lipinski definition) is 6. The first-order valence-electron chi connectivity index (χ1n) is 6.97. The van der Waals surface area contributed by atoms with Gasteiger partial charge in [-0.2, -0.15) is 0 Å². The lowest BCUT2D eigenvalue weighted by molar-refractivity contribution is -0.480. The predicted octanol–water partition coefficient (Wildman–Crippen LogP) is 0.664. The molecule has 4 N–H and O–H groups in total. The van der Waals surface area contributed by atoms with Crippen molar-refractivity contribution in [2.75, 3.05) is 19.8 Å². The Balaban J connectivity index is 1.87. The zero-order chi connectivity index (χ0) is 15.3. The third-order valence-corrected chi connectivity index (χ3v) is 4.30. The second-order valence-electron chi connectivity index (χ2n) is 6.45. The van der Waals surface area contributed by atoms with E-state index in [1.54, 1.807) is 19.1 Å². The second kappa shape index (κ2) is 4.66. The number of fused-ring (bicyclic) bond motifs is 3. The van der Waals surface area contributed by atoms with E-state index in [1.165, 1.54) is 12.1 Å². The molecule has 3 heterocycles. The van der Waals surface area contributed by atoms with Gasteiger partial charge in [-0.05, 0) is 24.6 Å². The van der Waals surface area contributed by atoms with Crippen LogP contribution in [0.25, 0.3) is 0 Å². The van der Waals surface area contributed by atoms with Crippen molar-refractivity contribution in [3.8, 4) is 5.75 Å². The SMILES string of the molecule is CC12COC([C@@H](N)[C@@](C)(O)c3ccc(O)cc3)(OC1)OC2. The van der Waals surface area contributed by atoms with Crippen molar-refractivity contribution in [1.29, 1.82) is 0 Å². The van der Waals surface area contributed by atoms with Crippen molar-refractivity contribution in [3.05, 3.63) is 29.8 Å². The van der Waals surface area contributed by atoms with Crippen molar-refractivity contribution in [1.82, 2.24) is 0 Å². The summed E-state index contributed by atoms with van der Waals surface area (Å²) in [6, 6.07) is 5.29. The Hall–Kier alpha value is -1.18. The highest BCUT2D eigenvalue weighted by atomic mass is 16.9. The van der Waals surface area contributed by atoms with Crippen LogP contribution in [-0.2, 0) is 19.8 Å². The summed E-state index contributed by atoms with van der Waals surface area (Å²) >= 11 is 0. The fourth-order valence-electron chi connectivity index (χ4n) is 2.67. The second-order valence-corrected chi connectivity index (χ2v) is 6.45. The molecule has 0 aromatic heterocycles. The molecule has 0 aliphatic carbocycles. The van der Waals surface area contributed by atoms with Crippen LogP contribution in [0.4, 0.5) is 0 Å². The maximum atomic E-state index is 10.8. The summed E-state index contributed by atoms with van der Waals surface area (Å²) in [5.41, 5.74) is 5.18. The molecule has 3 aliphatic heterocycles. The molecule has 0 radical (unpaired) electrons. The van der Waals surface area contributed by atoms with Crippen molar-refractivity contribution in [2.45, 2.75) is 31.5 Å². The Bertz CT molecular complexity index is 503. The first-order chi connectivity index (χ1) is 9.78. The third kappa shape index (κ3) is 2.33. The van der Waals surface area contributed by atoms with E-state index < -0.39 is 17.6 Å². The van der Waals surface area contributed by atoms with Crippen LogP contribution in [0.5, 0.6) is 5.75 Å². The molecular formula is C15H21NO5. The van der Waals surface area contributed by atoms with Crippen LogP contribution in [0.3, 0.4) is 0 Å². The molecule has 3 aliphatic rings. The van der Waals surface area contributed by atoms with E-state index in [1.807, 2.05) is 6.92 Å². The quantitative estimate of drug-likeness (QED) is 0.758. The summed E-state index contributed by atoms with van der Waals surface area (Å²) in [6.07, 6.45) is 0. The normalized spacial score (nSPS) is 36.2. The smallest absolute Gasteiger partial charge is 0.302 e. The maximum absolute atomic E-state index is 10.8. The minimum atomic E-state index is -1.43. The molecule has 6 heteroatoms. The molecule has 3 saturated heterocycles. The lowest BCUT2D eigenvalue weighted by Crippen LogP contribution is -2.70. The fraction of sp³-hybridized carbons (Fsp3) is 0.600. The Morgan fingerprint density at radius 1 is 1.14 bits per heavy atom. The fourth-order valence-corrected chi connectivity index (χ4v) is 2.67. The topological polar surface area (TPSA) is 94.2 Å². The number of aromatic hydroxyl groups is 1. The standard InChI is InChI=1S/C15H21NO5/c1-13-7-19-15(20-8-13,21-9-13)12(16)14(2,18)10-3-5-11(17)6-4-10/h3-6,12,17-18H,7-9,16H2,1-2H3/t12-,13?,14-,15?/m0/s1. The Kier molecular flexibility index (Phi) is 3.27. The number of aliphatic hydroxyl groups is 1. The number of benzene rings is 1. The Morgan fingerprint density at radius 3 is 2.10 bits per heavy atom. The van der Waals surface area contributed by atoms with E-state index in [0.717, 1.165) is 0 Å². The molecular weight excluding hydrogens is 274 g/mol. The molecule has 116 valence electrons. The van der Waals surface area contributed by atoms with Gasteiger partial charge in [-0.25, -0.2) is 0 Å². The highest BCUT2D eigenvalue weighted by molar-refractivity contribution is 5.31. The van der Waals surface area contributed by atoms with E-state index in [4.69, 9.17) is 19.9 Å². The summed E-state index contributed by atoms with van der Waals surface area (Å²) in [5.74, 6) is -1.31. The molecule has 1 aromatic rings. The maximum Gasteiger partial charge on any atom is 0.302 e. The number of nitrogens with two attached hydrogens (primary N) is 1. The van der Waals surface area contributed by atoms with Gasteiger partial charge in [-0.1, -0.05) is 19.1 Å². The number of hydrogen-bond donors (Lipinski definition) is 3. The zero-order valence-corrected chi connectivity index (χ0v) is 12.2. The number of phenolic OH excluding ortho intramolecular Hbond substituents is 1.